The van der Waals surface area contributed by atoms with E-state index in [9.17, 15) is 4.79 Å². The summed E-state index contributed by atoms with van der Waals surface area (Å²) in [4.78, 5) is 15.1. The Bertz CT molecular complexity index is 648. The monoisotopic (exact) mass is 308 g/mol. The normalized spacial score (nSPS) is 15.6. The maximum Gasteiger partial charge on any atom is 0.266 e. The minimum atomic E-state index is 0.0473. The number of carbonyl (C=O) groups is 1. The highest BCUT2D eigenvalue weighted by Crippen LogP contribution is 2.40. The van der Waals surface area contributed by atoms with Gasteiger partial charge in [0.05, 0.1) is 18.2 Å². The standard InChI is InChI=1S/C14H16N2O2S2/c1-18-9-3-2-4-10-11(9)12(15)13(20-10)14(17)16-5-7-19-8-6-16/h2-4H,5-8,15H2,1H3. The first-order valence-corrected chi connectivity index (χ1v) is 8.41. The fourth-order valence-electron chi connectivity index (χ4n) is 2.38. The molecule has 2 N–H and O–H groups in total. The molecule has 0 unspecified atom stereocenters. The van der Waals surface area contributed by atoms with E-state index in [4.69, 9.17) is 10.5 Å². The molecule has 3 rings (SSSR count). The zero-order valence-electron chi connectivity index (χ0n) is 11.2. The third kappa shape index (κ3) is 2.23. The summed E-state index contributed by atoms with van der Waals surface area (Å²) in [6, 6.07) is 5.77. The Morgan fingerprint density at radius 2 is 2.10 bits per heavy atom. The SMILES string of the molecule is COc1cccc2sc(C(=O)N3CCSCC3)c(N)c12. The van der Waals surface area contributed by atoms with E-state index < -0.39 is 0 Å². The Morgan fingerprint density at radius 1 is 1.35 bits per heavy atom. The molecule has 0 saturated carbocycles. The van der Waals surface area contributed by atoms with Gasteiger partial charge in [0.25, 0.3) is 5.91 Å². The number of nitrogen functional groups attached to an aromatic ring is 1. The van der Waals surface area contributed by atoms with Crippen molar-refractivity contribution < 1.29 is 9.53 Å². The molecular formula is C14H16N2O2S2. The van der Waals surface area contributed by atoms with Gasteiger partial charge in [-0.05, 0) is 12.1 Å². The van der Waals surface area contributed by atoms with E-state index in [2.05, 4.69) is 0 Å². The van der Waals surface area contributed by atoms with Crippen LogP contribution in [0.2, 0.25) is 0 Å². The van der Waals surface area contributed by atoms with E-state index in [1.54, 1.807) is 7.11 Å². The van der Waals surface area contributed by atoms with Gasteiger partial charge in [-0.2, -0.15) is 11.8 Å². The van der Waals surface area contributed by atoms with Gasteiger partial charge in [0, 0.05) is 29.3 Å². The number of hydrogen-bond acceptors (Lipinski definition) is 5. The highest BCUT2D eigenvalue weighted by Gasteiger charge is 2.24. The molecule has 0 aliphatic carbocycles. The van der Waals surface area contributed by atoms with E-state index in [0.29, 0.717) is 10.6 Å². The molecule has 1 saturated heterocycles. The topological polar surface area (TPSA) is 55.6 Å². The summed E-state index contributed by atoms with van der Waals surface area (Å²) >= 11 is 3.34. The van der Waals surface area contributed by atoms with Gasteiger partial charge in [0.1, 0.15) is 10.6 Å². The Hall–Kier alpha value is -1.40. The summed E-state index contributed by atoms with van der Waals surface area (Å²) < 4.78 is 6.34. The number of anilines is 1. The molecule has 20 heavy (non-hydrogen) atoms. The minimum absolute atomic E-state index is 0.0473. The predicted octanol–water partition coefficient (Wildman–Crippen LogP) is 2.68. The van der Waals surface area contributed by atoms with Crippen molar-refractivity contribution in [2.75, 3.05) is 37.4 Å². The molecule has 0 radical (unpaired) electrons. The summed E-state index contributed by atoms with van der Waals surface area (Å²) in [7, 11) is 1.62. The number of methoxy groups -OCH3 is 1. The zero-order valence-corrected chi connectivity index (χ0v) is 12.9. The number of ether oxygens (including phenoxy) is 1. The van der Waals surface area contributed by atoms with Crippen LogP contribution in [0.3, 0.4) is 0 Å². The third-order valence-electron chi connectivity index (χ3n) is 3.43. The van der Waals surface area contributed by atoms with Crippen LogP contribution < -0.4 is 10.5 Å². The largest absolute Gasteiger partial charge is 0.496 e. The Balaban J connectivity index is 2.03. The van der Waals surface area contributed by atoms with E-state index >= 15 is 0 Å². The van der Waals surface area contributed by atoms with Crippen LogP contribution in [-0.4, -0.2) is 42.5 Å². The van der Waals surface area contributed by atoms with E-state index in [1.165, 1.54) is 11.3 Å². The van der Waals surface area contributed by atoms with Crippen LogP contribution in [0.25, 0.3) is 10.1 Å². The number of amides is 1. The highest BCUT2D eigenvalue weighted by atomic mass is 32.2. The summed E-state index contributed by atoms with van der Waals surface area (Å²) in [5.74, 6) is 2.77. The molecule has 4 nitrogen and oxygen atoms in total. The van der Waals surface area contributed by atoms with Gasteiger partial charge in [-0.15, -0.1) is 11.3 Å². The maximum absolute atomic E-state index is 12.6. The highest BCUT2D eigenvalue weighted by molar-refractivity contribution is 7.99. The average molecular weight is 308 g/mol. The summed E-state index contributed by atoms with van der Waals surface area (Å²) in [6.07, 6.45) is 0. The van der Waals surface area contributed by atoms with Gasteiger partial charge in [0.2, 0.25) is 0 Å². The van der Waals surface area contributed by atoms with Crippen LogP contribution in [-0.2, 0) is 0 Å². The van der Waals surface area contributed by atoms with Gasteiger partial charge in [-0.1, -0.05) is 6.07 Å². The van der Waals surface area contributed by atoms with Gasteiger partial charge < -0.3 is 15.4 Å². The van der Waals surface area contributed by atoms with Gasteiger partial charge in [0.15, 0.2) is 0 Å². The second-order valence-corrected chi connectivity index (χ2v) is 6.86. The molecule has 106 valence electrons. The molecule has 0 spiro atoms. The molecule has 1 aliphatic heterocycles. The molecule has 1 amide bonds. The van der Waals surface area contributed by atoms with Crippen molar-refractivity contribution in [1.29, 1.82) is 0 Å². The first kappa shape index (κ1) is 13.6. The Morgan fingerprint density at radius 3 is 2.80 bits per heavy atom. The van der Waals surface area contributed by atoms with E-state index in [0.717, 1.165) is 40.4 Å². The lowest BCUT2D eigenvalue weighted by molar-refractivity contribution is 0.0778. The Labute approximate surface area is 125 Å². The lowest BCUT2D eigenvalue weighted by atomic mass is 10.2. The molecule has 2 heterocycles. The molecule has 0 atom stereocenters. The summed E-state index contributed by atoms with van der Waals surface area (Å²) in [5, 5.41) is 0.856. The van der Waals surface area contributed by atoms with Crippen LogP contribution in [0.1, 0.15) is 9.67 Å². The van der Waals surface area contributed by atoms with E-state index in [-0.39, 0.29) is 5.91 Å². The predicted molar refractivity (Wildman–Crippen MR) is 86.0 cm³/mol. The number of rotatable bonds is 2. The Kier molecular flexibility index (Phi) is 3.76. The second kappa shape index (κ2) is 5.54. The second-order valence-electron chi connectivity index (χ2n) is 4.58. The third-order valence-corrected chi connectivity index (χ3v) is 5.53. The fraction of sp³-hybridized carbons (Fsp3) is 0.357. The number of fused-ring (bicyclic) bond motifs is 1. The number of carbonyl (C=O) groups excluding carboxylic acids is 1. The van der Waals surface area contributed by atoms with Crippen molar-refractivity contribution in [2.24, 2.45) is 0 Å². The average Bonchev–Trinajstić information content (AvgIpc) is 2.85. The lowest BCUT2D eigenvalue weighted by Gasteiger charge is -2.26. The van der Waals surface area contributed by atoms with Gasteiger partial charge in [-0.25, -0.2) is 0 Å². The zero-order chi connectivity index (χ0) is 14.1. The molecule has 1 aromatic carbocycles. The summed E-state index contributed by atoms with van der Waals surface area (Å²) in [5.41, 5.74) is 6.75. The van der Waals surface area contributed by atoms with Crippen molar-refractivity contribution in [3.63, 3.8) is 0 Å². The number of benzene rings is 1. The number of nitrogens with zero attached hydrogens (tertiary/aromatic N) is 1. The first-order chi connectivity index (χ1) is 9.72. The first-order valence-electron chi connectivity index (χ1n) is 6.44. The smallest absolute Gasteiger partial charge is 0.266 e. The quantitative estimate of drug-likeness (QED) is 0.927. The molecule has 1 aromatic heterocycles. The molecule has 1 aliphatic rings. The van der Waals surface area contributed by atoms with E-state index in [1.807, 2.05) is 34.9 Å². The molecule has 0 bridgehead atoms. The van der Waals surface area contributed by atoms with Crippen LogP contribution >= 0.6 is 23.1 Å². The fourth-order valence-corrected chi connectivity index (χ4v) is 4.39. The maximum atomic E-state index is 12.6. The number of hydrogen-bond donors (Lipinski definition) is 1. The lowest BCUT2D eigenvalue weighted by Crippen LogP contribution is -2.37. The van der Waals surface area contributed by atoms with Crippen LogP contribution in [0.4, 0.5) is 5.69 Å². The molecular weight excluding hydrogens is 292 g/mol. The van der Waals surface area contributed by atoms with Crippen LogP contribution in [0.5, 0.6) is 5.75 Å². The van der Waals surface area contributed by atoms with Crippen molar-refractivity contribution in [2.45, 2.75) is 0 Å². The molecule has 6 heteroatoms. The van der Waals surface area contributed by atoms with Crippen molar-refractivity contribution in [3.05, 3.63) is 23.1 Å². The number of nitrogens with two attached hydrogens (primary N) is 1. The van der Waals surface area contributed by atoms with Crippen LogP contribution in [0, 0.1) is 0 Å². The van der Waals surface area contributed by atoms with Gasteiger partial charge >= 0.3 is 0 Å². The van der Waals surface area contributed by atoms with Crippen molar-refractivity contribution in [1.82, 2.24) is 4.90 Å². The van der Waals surface area contributed by atoms with Crippen LogP contribution in [0.15, 0.2) is 18.2 Å². The van der Waals surface area contributed by atoms with Gasteiger partial charge in [-0.3, -0.25) is 4.79 Å². The molecule has 1 fully saturated rings. The summed E-state index contributed by atoms with van der Waals surface area (Å²) in [6.45, 7) is 1.60. The number of thioether (sulfide) groups is 1. The van der Waals surface area contributed by atoms with Crippen molar-refractivity contribution in [3.8, 4) is 5.75 Å². The van der Waals surface area contributed by atoms with Crippen molar-refractivity contribution >= 4 is 44.8 Å². The minimum Gasteiger partial charge on any atom is -0.496 e. The number of thiophene rings is 1. The molecule has 2 aromatic rings.